The van der Waals surface area contributed by atoms with E-state index in [0.717, 1.165) is 25.4 Å². The summed E-state index contributed by atoms with van der Waals surface area (Å²) < 4.78 is 16.4. The zero-order valence-corrected chi connectivity index (χ0v) is 10.9. The molecule has 2 rings (SSSR count). The van der Waals surface area contributed by atoms with Crippen molar-refractivity contribution in [3.05, 3.63) is 18.2 Å². The van der Waals surface area contributed by atoms with Gasteiger partial charge in [0.2, 0.25) is 0 Å². The second-order valence-corrected chi connectivity index (χ2v) is 4.47. The highest BCUT2D eigenvalue weighted by atomic mass is 16.5. The van der Waals surface area contributed by atoms with Crippen LogP contribution in [-0.4, -0.2) is 51.5 Å². The Balaban J connectivity index is 1.88. The molecule has 0 aliphatic carbocycles. The van der Waals surface area contributed by atoms with Crippen molar-refractivity contribution in [2.45, 2.75) is 6.10 Å². The maximum absolute atomic E-state index is 5.82. The molecule has 1 aliphatic heterocycles. The molecule has 5 nitrogen and oxygen atoms in total. The maximum Gasteiger partial charge on any atom is 0.142 e. The first kappa shape index (κ1) is 13.0. The molecule has 1 atom stereocenters. The first-order valence-corrected chi connectivity index (χ1v) is 6.05. The van der Waals surface area contributed by atoms with Crippen molar-refractivity contribution in [1.82, 2.24) is 4.90 Å². The molecular weight excluding hydrogens is 232 g/mol. The lowest BCUT2D eigenvalue weighted by molar-refractivity contribution is -0.0403. The van der Waals surface area contributed by atoms with Gasteiger partial charge in [0.05, 0.1) is 19.4 Å². The largest absolute Gasteiger partial charge is 0.495 e. The molecule has 2 N–H and O–H groups in total. The topological polar surface area (TPSA) is 57.0 Å². The summed E-state index contributed by atoms with van der Waals surface area (Å²) in [7, 11) is 3.68. The Labute approximate surface area is 107 Å². The van der Waals surface area contributed by atoms with Crippen molar-refractivity contribution in [1.29, 1.82) is 0 Å². The van der Waals surface area contributed by atoms with Gasteiger partial charge in [0.15, 0.2) is 0 Å². The molecule has 0 bridgehead atoms. The molecule has 100 valence electrons. The third kappa shape index (κ3) is 3.27. The fraction of sp³-hybridized carbons (Fsp3) is 0.538. The van der Waals surface area contributed by atoms with Crippen LogP contribution >= 0.6 is 0 Å². The predicted molar refractivity (Wildman–Crippen MR) is 70.1 cm³/mol. The number of likely N-dealkylation sites (N-methyl/N-ethyl adjacent to an activating group) is 1. The standard InChI is InChI=1S/C13H20N2O3/c1-15-5-6-17-11(8-15)9-18-10-3-4-13(16-2)12(14)7-10/h3-4,7,11H,5-6,8-9,14H2,1-2H3. The Hall–Kier alpha value is -1.46. The number of ether oxygens (including phenoxy) is 3. The van der Waals surface area contributed by atoms with E-state index >= 15 is 0 Å². The van der Waals surface area contributed by atoms with Gasteiger partial charge in [0.1, 0.15) is 24.2 Å². The third-order valence-electron chi connectivity index (χ3n) is 2.98. The lowest BCUT2D eigenvalue weighted by atomic mass is 10.2. The number of anilines is 1. The minimum atomic E-state index is 0.118. The summed E-state index contributed by atoms with van der Waals surface area (Å²) in [6.07, 6.45) is 0.118. The minimum absolute atomic E-state index is 0.118. The first-order chi connectivity index (χ1) is 8.69. The lowest BCUT2D eigenvalue weighted by Crippen LogP contribution is -2.42. The summed E-state index contributed by atoms with van der Waals surface area (Å²) in [6.45, 7) is 3.17. The van der Waals surface area contributed by atoms with E-state index in [2.05, 4.69) is 11.9 Å². The van der Waals surface area contributed by atoms with E-state index < -0.39 is 0 Å². The molecule has 1 aliphatic rings. The Morgan fingerprint density at radius 2 is 2.33 bits per heavy atom. The van der Waals surface area contributed by atoms with E-state index in [9.17, 15) is 0 Å². The number of benzene rings is 1. The molecule has 1 heterocycles. The van der Waals surface area contributed by atoms with E-state index in [0.29, 0.717) is 18.0 Å². The van der Waals surface area contributed by atoms with Crippen LogP contribution in [0.25, 0.3) is 0 Å². The lowest BCUT2D eigenvalue weighted by Gasteiger charge is -2.29. The van der Waals surface area contributed by atoms with Gasteiger partial charge in [-0.15, -0.1) is 0 Å². The van der Waals surface area contributed by atoms with Gasteiger partial charge < -0.3 is 24.8 Å². The van der Waals surface area contributed by atoms with Crippen LogP contribution in [0.15, 0.2) is 18.2 Å². The van der Waals surface area contributed by atoms with Crippen molar-refractivity contribution in [2.24, 2.45) is 0 Å². The van der Waals surface area contributed by atoms with Crippen LogP contribution in [-0.2, 0) is 4.74 Å². The average Bonchev–Trinajstić information content (AvgIpc) is 2.37. The smallest absolute Gasteiger partial charge is 0.142 e. The fourth-order valence-electron chi connectivity index (χ4n) is 1.96. The van der Waals surface area contributed by atoms with Gasteiger partial charge in [0.25, 0.3) is 0 Å². The molecule has 0 amide bonds. The number of hydrogen-bond acceptors (Lipinski definition) is 5. The number of nitrogens with zero attached hydrogens (tertiary/aromatic N) is 1. The molecule has 1 aromatic rings. The molecule has 0 saturated carbocycles. The number of nitrogens with two attached hydrogens (primary N) is 1. The van der Waals surface area contributed by atoms with Crippen LogP contribution in [0, 0.1) is 0 Å². The zero-order chi connectivity index (χ0) is 13.0. The Bertz CT molecular complexity index is 398. The van der Waals surface area contributed by atoms with Crippen molar-refractivity contribution in [2.75, 3.05) is 46.2 Å². The van der Waals surface area contributed by atoms with Gasteiger partial charge in [-0.1, -0.05) is 0 Å². The second kappa shape index (κ2) is 5.93. The zero-order valence-electron chi connectivity index (χ0n) is 10.9. The molecule has 0 spiro atoms. The summed E-state index contributed by atoms with van der Waals surface area (Å²) >= 11 is 0. The van der Waals surface area contributed by atoms with Crippen molar-refractivity contribution in [3.8, 4) is 11.5 Å². The highest BCUT2D eigenvalue weighted by molar-refractivity contribution is 5.56. The van der Waals surface area contributed by atoms with Crippen molar-refractivity contribution in [3.63, 3.8) is 0 Å². The number of morpholine rings is 1. The van der Waals surface area contributed by atoms with Gasteiger partial charge >= 0.3 is 0 Å². The molecule has 5 heteroatoms. The average molecular weight is 252 g/mol. The van der Waals surface area contributed by atoms with Gasteiger partial charge in [0, 0.05) is 19.2 Å². The summed E-state index contributed by atoms with van der Waals surface area (Å²) in [5, 5.41) is 0. The van der Waals surface area contributed by atoms with Crippen molar-refractivity contribution >= 4 is 5.69 Å². The number of rotatable bonds is 4. The van der Waals surface area contributed by atoms with Gasteiger partial charge in [-0.3, -0.25) is 0 Å². The SMILES string of the molecule is COc1ccc(OCC2CN(C)CCO2)cc1N. The minimum Gasteiger partial charge on any atom is -0.495 e. The summed E-state index contributed by atoms with van der Waals surface area (Å²) in [5.41, 5.74) is 6.40. The van der Waals surface area contributed by atoms with Crippen LogP contribution < -0.4 is 15.2 Å². The van der Waals surface area contributed by atoms with Gasteiger partial charge in [-0.25, -0.2) is 0 Å². The summed E-state index contributed by atoms with van der Waals surface area (Å²) in [5.74, 6) is 1.40. The predicted octanol–water partition coefficient (Wildman–Crippen LogP) is 0.987. The third-order valence-corrected chi connectivity index (χ3v) is 2.98. The highest BCUT2D eigenvalue weighted by Crippen LogP contribution is 2.26. The van der Waals surface area contributed by atoms with E-state index in [4.69, 9.17) is 19.9 Å². The number of hydrogen-bond donors (Lipinski definition) is 1. The van der Waals surface area contributed by atoms with Crippen LogP contribution in [0.3, 0.4) is 0 Å². The molecule has 0 radical (unpaired) electrons. The van der Waals surface area contributed by atoms with Gasteiger partial charge in [-0.05, 0) is 19.2 Å². The Morgan fingerprint density at radius 1 is 1.50 bits per heavy atom. The Kier molecular flexibility index (Phi) is 4.28. The fourth-order valence-corrected chi connectivity index (χ4v) is 1.96. The normalized spacial score (nSPS) is 20.7. The monoisotopic (exact) mass is 252 g/mol. The molecule has 1 unspecified atom stereocenters. The summed E-state index contributed by atoms with van der Waals surface area (Å²) in [4.78, 5) is 2.24. The second-order valence-electron chi connectivity index (χ2n) is 4.47. The van der Waals surface area contributed by atoms with Crippen LogP contribution in [0.5, 0.6) is 11.5 Å². The number of methoxy groups -OCH3 is 1. The van der Waals surface area contributed by atoms with Crippen molar-refractivity contribution < 1.29 is 14.2 Å². The van der Waals surface area contributed by atoms with Gasteiger partial charge in [-0.2, -0.15) is 0 Å². The molecule has 0 aromatic heterocycles. The van der Waals surface area contributed by atoms with Crippen LogP contribution in [0.2, 0.25) is 0 Å². The van der Waals surface area contributed by atoms with E-state index in [-0.39, 0.29) is 6.10 Å². The van der Waals surface area contributed by atoms with Crippen LogP contribution in [0.1, 0.15) is 0 Å². The molecule has 1 fully saturated rings. The highest BCUT2D eigenvalue weighted by Gasteiger charge is 2.18. The molecule has 1 aromatic carbocycles. The molecule has 18 heavy (non-hydrogen) atoms. The quantitative estimate of drug-likeness (QED) is 0.810. The Morgan fingerprint density at radius 3 is 3.00 bits per heavy atom. The summed E-state index contributed by atoms with van der Waals surface area (Å²) in [6, 6.07) is 5.42. The van der Waals surface area contributed by atoms with Crippen LogP contribution in [0.4, 0.5) is 5.69 Å². The van der Waals surface area contributed by atoms with E-state index in [1.54, 1.807) is 19.2 Å². The molecular formula is C13H20N2O3. The first-order valence-electron chi connectivity index (χ1n) is 6.05. The number of nitrogen functional groups attached to an aromatic ring is 1. The maximum atomic E-state index is 5.82. The van der Waals surface area contributed by atoms with E-state index in [1.165, 1.54) is 0 Å². The van der Waals surface area contributed by atoms with E-state index in [1.807, 2.05) is 6.07 Å². The molecule has 1 saturated heterocycles.